The third kappa shape index (κ3) is 4.70. The van der Waals surface area contributed by atoms with Crippen molar-refractivity contribution in [2.24, 2.45) is 0 Å². The average Bonchev–Trinajstić information content (AvgIpc) is 2.93. The third-order valence-electron chi connectivity index (χ3n) is 6.67. The summed E-state index contributed by atoms with van der Waals surface area (Å²) in [5.41, 5.74) is 7.98. The minimum Gasteiger partial charge on any atom is -0.370 e. The first kappa shape index (κ1) is 23.9. The van der Waals surface area contributed by atoms with Crippen LogP contribution < -0.4 is 9.80 Å². The van der Waals surface area contributed by atoms with E-state index in [0.717, 1.165) is 65.3 Å². The van der Waals surface area contributed by atoms with Crippen LogP contribution in [0.1, 0.15) is 43.4 Å². The molecule has 0 N–H and O–H groups in total. The van der Waals surface area contributed by atoms with Gasteiger partial charge in [-0.25, -0.2) is 0 Å². The average molecular weight is 459 g/mol. The van der Waals surface area contributed by atoms with E-state index >= 15 is 0 Å². The van der Waals surface area contributed by atoms with Gasteiger partial charge in [0, 0.05) is 37.1 Å². The number of para-hydroxylation sites is 1. The van der Waals surface area contributed by atoms with Crippen LogP contribution in [0.4, 0.5) is 17.1 Å². The zero-order chi connectivity index (χ0) is 24.8. The summed E-state index contributed by atoms with van der Waals surface area (Å²) in [6, 6.07) is 25.5. The highest BCUT2D eigenvalue weighted by molar-refractivity contribution is 5.89. The summed E-state index contributed by atoms with van der Waals surface area (Å²) < 4.78 is 0. The van der Waals surface area contributed by atoms with E-state index in [4.69, 9.17) is 0 Å². The summed E-state index contributed by atoms with van der Waals surface area (Å²) in [5, 5.41) is 20.5. The molecule has 4 nitrogen and oxygen atoms in total. The van der Waals surface area contributed by atoms with Gasteiger partial charge in [-0.05, 0) is 73.7 Å². The van der Waals surface area contributed by atoms with E-state index in [-0.39, 0.29) is 0 Å². The molecule has 0 saturated heterocycles. The predicted molar refractivity (Wildman–Crippen MR) is 146 cm³/mol. The fourth-order valence-corrected chi connectivity index (χ4v) is 4.72. The quantitative estimate of drug-likeness (QED) is 0.369. The van der Waals surface area contributed by atoms with Crippen molar-refractivity contribution in [1.82, 2.24) is 0 Å². The zero-order valence-electron chi connectivity index (χ0n) is 20.6. The number of anilines is 3. The van der Waals surface area contributed by atoms with Crippen molar-refractivity contribution in [1.29, 1.82) is 10.5 Å². The lowest BCUT2D eigenvalue weighted by Gasteiger charge is -2.27. The summed E-state index contributed by atoms with van der Waals surface area (Å²) in [7, 11) is 2.05. The Labute approximate surface area is 208 Å². The molecule has 0 spiro atoms. The topological polar surface area (TPSA) is 54.1 Å². The Morgan fingerprint density at radius 1 is 0.829 bits per heavy atom. The van der Waals surface area contributed by atoms with Crippen LogP contribution in [-0.2, 0) is 0 Å². The molecule has 0 radical (unpaired) electrons. The lowest BCUT2D eigenvalue weighted by Crippen LogP contribution is -2.25. The van der Waals surface area contributed by atoms with Crippen LogP contribution >= 0.6 is 0 Å². The van der Waals surface area contributed by atoms with Gasteiger partial charge in [-0.15, -0.1) is 0 Å². The largest absolute Gasteiger partial charge is 0.370 e. The predicted octanol–water partition coefficient (Wildman–Crippen LogP) is 7.44. The second-order valence-corrected chi connectivity index (χ2v) is 8.57. The molecule has 0 amide bonds. The highest BCUT2D eigenvalue weighted by atomic mass is 15.1. The first-order valence-electron chi connectivity index (χ1n) is 12.1. The Bertz CT molecular complexity index is 1330. The number of allylic oxidation sites excluding steroid dienone is 4. The van der Waals surface area contributed by atoms with Crippen LogP contribution in [0.5, 0.6) is 0 Å². The van der Waals surface area contributed by atoms with E-state index in [1.54, 1.807) is 0 Å². The smallest absolute Gasteiger partial charge is 0.102 e. The van der Waals surface area contributed by atoms with E-state index < -0.39 is 0 Å². The zero-order valence-corrected chi connectivity index (χ0v) is 20.6. The van der Waals surface area contributed by atoms with Gasteiger partial charge in [0.2, 0.25) is 0 Å². The molecule has 0 atom stereocenters. The SMILES string of the molecule is CCN(CC)c1c(C#N)c(C2=CC=CCC2)cc(-c2ccc(N(C)c3ccccc3)cc2)c1C#N. The summed E-state index contributed by atoms with van der Waals surface area (Å²) in [6.07, 6.45) is 8.14. The Kier molecular flexibility index (Phi) is 7.34. The lowest BCUT2D eigenvalue weighted by atomic mass is 9.86. The Balaban J connectivity index is 1.89. The summed E-state index contributed by atoms with van der Waals surface area (Å²) in [4.78, 5) is 4.26. The molecular formula is C31H30N4. The molecule has 174 valence electrons. The van der Waals surface area contributed by atoms with Crippen molar-refractivity contribution >= 4 is 22.6 Å². The molecule has 0 fully saturated rings. The fourth-order valence-electron chi connectivity index (χ4n) is 4.72. The van der Waals surface area contributed by atoms with Gasteiger partial charge in [0.05, 0.1) is 16.8 Å². The van der Waals surface area contributed by atoms with Gasteiger partial charge < -0.3 is 9.80 Å². The number of rotatable bonds is 7. The monoisotopic (exact) mass is 458 g/mol. The Morgan fingerprint density at radius 2 is 1.46 bits per heavy atom. The van der Waals surface area contributed by atoms with Crippen LogP contribution in [-0.4, -0.2) is 20.1 Å². The van der Waals surface area contributed by atoms with Crippen molar-refractivity contribution < 1.29 is 0 Å². The van der Waals surface area contributed by atoms with Crippen LogP contribution in [0.3, 0.4) is 0 Å². The maximum Gasteiger partial charge on any atom is 0.102 e. The standard InChI is InChI=1S/C31H30N4/c1-4-35(5-2)31-29(21-32)27(23-12-8-6-9-13-23)20-28(30(31)22-33)24-16-18-26(19-17-24)34(3)25-14-10-7-11-15-25/h6-8,10-12,14-20H,4-5,9,13H2,1-3H3. The van der Waals surface area contributed by atoms with Gasteiger partial charge in [-0.2, -0.15) is 10.5 Å². The molecule has 4 heteroatoms. The summed E-state index contributed by atoms with van der Waals surface area (Å²) in [6.45, 7) is 5.58. The Hall–Kier alpha value is -4.28. The van der Waals surface area contributed by atoms with Gasteiger partial charge in [0.15, 0.2) is 0 Å². The van der Waals surface area contributed by atoms with E-state index in [0.29, 0.717) is 11.1 Å². The first-order chi connectivity index (χ1) is 17.1. The van der Waals surface area contributed by atoms with Gasteiger partial charge in [-0.3, -0.25) is 0 Å². The normalized spacial score (nSPS) is 12.4. The molecule has 0 heterocycles. The minimum atomic E-state index is 0.560. The van der Waals surface area contributed by atoms with Gasteiger partial charge in [-0.1, -0.05) is 48.6 Å². The van der Waals surface area contributed by atoms with Crippen LogP contribution in [0.15, 0.2) is 78.9 Å². The second-order valence-electron chi connectivity index (χ2n) is 8.57. The summed E-state index contributed by atoms with van der Waals surface area (Å²) in [5.74, 6) is 0. The molecule has 0 aliphatic heterocycles. The van der Waals surface area contributed by atoms with Crippen molar-refractivity contribution in [3.63, 3.8) is 0 Å². The number of nitriles is 2. The number of hydrogen-bond donors (Lipinski definition) is 0. The molecule has 4 rings (SSSR count). The number of benzene rings is 3. The van der Waals surface area contributed by atoms with Crippen molar-refractivity contribution in [3.8, 4) is 23.3 Å². The van der Waals surface area contributed by atoms with E-state index in [1.165, 1.54) is 0 Å². The minimum absolute atomic E-state index is 0.560. The van der Waals surface area contributed by atoms with Crippen LogP contribution in [0, 0.1) is 22.7 Å². The second kappa shape index (κ2) is 10.8. The van der Waals surface area contributed by atoms with E-state index in [9.17, 15) is 10.5 Å². The van der Waals surface area contributed by atoms with Gasteiger partial charge in [0.1, 0.15) is 12.1 Å². The van der Waals surface area contributed by atoms with E-state index in [1.807, 2.05) is 31.3 Å². The van der Waals surface area contributed by atoms with Gasteiger partial charge in [0.25, 0.3) is 0 Å². The van der Waals surface area contributed by atoms with E-state index in [2.05, 4.69) is 90.4 Å². The molecule has 1 aliphatic rings. The third-order valence-corrected chi connectivity index (χ3v) is 6.67. The van der Waals surface area contributed by atoms with Gasteiger partial charge >= 0.3 is 0 Å². The van der Waals surface area contributed by atoms with Crippen molar-refractivity contribution in [2.45, 2.75) is 26.7 Å². The Morgan fingerprint density at radius 3 is 2.03 bits per heavy atom. The molecule has 35 heavy (non-hydrogen) atoms. The molecular weight excluding hydrogens is 428 g/mol. The fraction of sp³-hybridized carbons (Fsp3) is 0.226. The highest BCUT2D eigenvalue weighted by Gasteiger charge is 2.24. The molecule has 0 bridgehead atoms. The molecule has 0 saturated carbocycles. The molecule has 0 aromatic heterocycles. The van der Waals surface area contributed by atoms with Crippen molar-refractivity contribution in [2.75, 3.05) is 29.9 Å². The number of hydrogen-bond acceptors (Lipinski definition) is 4. The molecule has 1 aliphatic carbocycles. The molecule has 3 aromatic carbocycles. The molecule has 3 aromatic rings. The first-order valence-corrected chi connectivity index (χ1v) is 12.1. The molecule has 0 unspecified atom stereocenters. The highest BCUT2D eigenvalue weighted by Crippen LogP contribution is 2.40. The van der Waals surface area contributed by atoms with Crippen LogP contribution in [0.25, 0.3) is 16.7 Å². The lowest BCUT2D eigenvalue weighted by molar-refractivity contribution is 0.862. The van der Waals surface area contributed by atoms with Crippen LogP contribution in [0.2, 0.25) is 0 Å². The van der Waals surface area contributed by atoms with Crippen molar-refractivity contribution in [3.05, 3.63) is 95.6 Å². The maximum absolute atomic E-state index is 10.3. The number of nitrogens with zero attached hydrogens (tertiary/aromatic N) is 4. The summed E-state index contributed by atoms with van der Waals surface area (Å²) >= 11 is 0. The maximum atomic E-state index is 10.3.